The monoisotopic (exact) mass is 528 g/mol. The first-order chi connectivity index (χ1) is 18.6. The van der Waals surface area contributed by atoms with E-state index in [9.17, 15) is 9.59 Å². The van der Waals surface area contributed by atoms with Crippen LogP contribution in [-0.2, 0) is 22.4 Å². The average Bonchev–Trinajstić information content (AvgIpc) is 2.91. The van der Waals surface area contributed by atoms with Gasteiger partial charge in [-0.05, 0) is 55.4 Å². The maximum atomic E-state index is 12.8. The molecule has 0 heterocycles. The van der Waals surface area contributed by atoms with Crippen LogP contribution in [0.1, 0.15) is 184 Å². The Hall–Kier alpha value is -1.64. The molecule has 1 rings (SSSR count). The zero-order chi connectivity index (χ0) is 27.7. The molecule has 0 aliphatic heterocycles. The molecule has 0 spiro atoms. The number of carbonyl (C=O) groups excluding carboxylic acids is 2. The summed E-state index contributed by atoms with van der Waals surface area (Å²) in [6, 6.07) is 6.15. The van der Waals surface area contributed by atoms with E-state index in [4.69, 9.17) is 4.74 Å². The van der Waals surface area contributed by atoms with E-state index in [1.165, 1.54) is 120 Å². The van der Waals surface area contributed by atoms with Crippen LogP contribution in [0.4, 0.5) is 0 Å². The van der Waals surface area contributed by atoms with Gasteiger partial charge in [-0.2, -0.15) is 0 Å². The lowest BCUT2D eigenvalue weighted by atomic mass is 9.97. The number of unbranched alkanes of at least 4 members (excludes halogenated alkanes) is 18. The SMILES string of the molecule is CCCCCCCCCCCCCCCC(=O)OC(=O)c1cc(CCCCCC)cc(CCCCCC)c1. The first-order valence-corrected chi connectivity index (χ1v) is 16.5. The van der Waals surface area contributed by atoms with Crippen molar-refractivity contribution in [1.82, 2.24) is 0 Å². The van der Waals surface area contributed by atoms with Gasteiger partial charge in [0.15, 0.2) is 0 Å². The molecule has 3 heteroatoms. The number of hydrogen-bond donors (Lipinski definition) is 0. The van der Waals surface area contributed by atoms with Gasteiger partial charge in [0.25, 0.3) is 0 Å². The number of aryl methyl sites for hydroxylation is 2. The second-order valence-electron chi connectivity index (χ2n) is 11.4. The highest BCUT2D eigenvalue weighted by molar-refractivity contribution is 5.97. The van der Waals surface area contributed by atoms with E-state index >= 15 is 0 Å². The Bertz CT molecular complexity index is 694. The van der Waals surface area contributed by atoms with Crippen LogP contribution in [0.15, 0.2) is 18.2 Å². The van der Waals surface area contributed by atoms with E-state index in [-0.39, 0.29) is 5.97 Å². The van der Waals surface area contributed by atoms with Crippen LogP contribution in [0.2, 0.25) is 0 Å². The van der Waals surface area contributed by atoms with Crippen LogP contribution < -0.4 is 0 Å². The first kappa shape index (κ1) is 34.4. The standard InChI is InChI=1S/C35H60O3/c1-4-7-10-13-14-15-16-17-18-19-20-21-24-27-34(36)38-35(37)33-29-31(25-22-11-8-5-2)28-32(30-33)26-23-12-9-6-3/h28-30H,4-27H2,1-3H3. The fraction of sp³-hybridized carbons (Fsp3) is 0.771. The predicted molar refractivity (Wildman–Crippen MR) is 163 cm³/mol. The van der Waals surface area contributed by atoms with Crippen molar-refractivity contribution in [1.29, 1.82) is 0 Å². The molecule has 0 saturated heterocycles. The topological polar surface area (TPSA) is 43.4 Å². The van der Waals surface area contributed by atoms with Crippen molar-refractivity contribution in [2.75, 3.05) is 0 Å². The van der Waals surface area contributed by atoms with Crippen molar-refractivity contribution >= 4 is 11.9 Å². The molecule has 1 aromatic rings. The van der Waals surface area contributed by atoms with Crippen molar-refractivity contribution in [2.24, 2.45) is 0 Å². The van der Waals surface area contributed by atoms with E-state index in [0.717, 1.165) is 38.5 Å². The molecule has 1 aromatic carbocycles. The summed E-state index contributed by atoms with van der Waals surface area (Å²) in [6.07, 6.45) is 28.5. The number of hydrogen-bond acceptors (Lipinski definition) is 3. The van der Waals surface area contributed by atoms with Crippen molar-refractivity contribution < 1.29 is 14.3 Å². The van der Waals surface area contributed by atoms with Gasteiger partial charge in [0, 0.05) is 6.42 Å². The molecule has 0 unspecified atom stereocenters. The molecular weight excluding hydrogens is 468 g/mol. The molecule has 0 atom stereocenters. The molecule has 0 aliphatic carbocycles. The molecule has 218 valence electrons. The average molecular weight is 529 g/mol. The maximum Gasteiger partial charge on any atom is 0.345 e. The van der Waals surface area contributed by atoms with Crippen LogP contribution >= 0.6 is 0 Å². The largest absolute Gasteiger partial charge is 0.389 e. The van der Waals surface area contributed by atoms with Crippen LogP contribution in [0, 0.1) is 0 Å². The predicted octanol–water partition coefficient (Wildman–Crippen LogP) is 11.1. The quantitative estimate of drug-likeness (QED) is 0.0720. The molecule has 0 amide bonds. The van der Waals surface area contributed by atoms with Crippen LogP contribution in [0.25, 0.3) is 0 Å². The molecule has 3 nitrogen and oxygen atoms in total. The van der Waals surface area contributed by atoms with Crippen molar-refractivity contribution in [3.05, 3.63) is 34.9 Å². The minimum atomic E-state index is -0.477. The van der Waals surface area contributed by atoms with Crippen molar-refractivity contribution in [3.63, 3.8) is 0 Å². The maximum absolute atomic E-state index is 12.8. The Balaban J connectivity index is 2.33. The Morgan fingerprint density at radius 2 is 0.868 bits per heavy atom. The zero-order valence-electron chi connectivity index (χ0n) is 25.4. The molecule has 0 aromatic heterocycles. The summed E-state index contributed by atoms with van der Waals surface area (Å²) in [4.78, 5) is 25.1. The highest BCUT2D eigenvalue weighted by atomic mass is 16.6. The summed E-state index contributed by atoms with van der Waals surface area (Å²) in [5.74, 6) is -0.856. The van der Waals surface area contributed by atoms with Gasteiger partial charge in [0.1, 0.15) is 0 Å². The number of rotatable bonds is 25. The number of benzene rings is 1. The molecular formula is C35H60O3. The molecule has 0 aliphatic rings. The Kier molecular flexibility index (Phi) is 22.1. The molecule has 0 bridgehead atoms. The van der Waals surface area contributed by atoms with Crippen LogP contribution in [-0.4, -0.2) is 11.9 Å². The minimum Gasteiger partial charge on any atom is -0.389 e. The normalized spacial score (nSPS) is 11.1. The summed E-state index contributed by atoms with van der Waals surface area (Å²) < 4.78 is 5.26. The lowest BCUT2D eigenvalue weighted by Gasteiger charge is -2.10. The van der Waals surface area contributed by atoms with E-state index in [1.54, 1.807) is 0 Å². The second kappa shape index (κ2) is 24.4. The first-order valence-electron chi connectivity index (χ1n) is 16.5. The van der Waals surface area contributed by atoms with Crippen molar-refractivity contribution in [2.45, 2.75) is 175 Å². The third-order valence-corrected chi connectivity index (χ3v) is 7.62. The van der Waals surface area contributed by atoms with Gasteiger partial charge < -0.3 is 4.74 Å². The molecule has 0 fully saturated rings. The number of ether oxygens (including phenoxy) is 1. The second-order valence-corrected chi connectivity index (χ2v) is 11.4. The number of esters is 2. The van der Waals surface area contributed by atoms with Gasteiger partial charge in [0.05, 0.1) is 5.56 Å². The van der Waals surface area contributed by atoms with E-state index in [0.29, 0.717) is 12.0 Å². The molecule has 38 heavy (non-hydrogen) atoms. The summed E-state index contributed by atoms with van der Waals surface area (Å²) in [5, 5.41) is 0. The fourth-order valence-corrected chi connectivity index (χ4v) is 5.18. The molecule has 0 N–H and O–H groups in total. The van der Waals surface area contributed by atoms with Gasteiger partial charge in [-0.15, -0.1) is 0 Å². The Morgan fingerprint density at radius 3 is 1.29 bits per heavy atom. The third-order valence-electron chi connectivity index (χ3n) is 7.62. The van der Waals surface area contributed by atoms with Crippen molar-refractivity contribution in [3.8, 4) is 0 Å². The van der Waals surface area contributed by atoms with Gasteiger partial charge in [-0.1, -0.05) is 142 Å². The van der Waals surface area contributed by atoms with Gasteiger partial charge in [0.2, 0.25) is 0 Å². The summed E-state index contributed by atoms with van der Waals surface area (Å²) in [5.41, 5.74) is 2.94. The van der Waals surface area contributed by atoms with Gasteiger partial charge in [-0.3, -0.25) is 4.79 Å². The van der Waals surface area contributed by atoms with Crippen LogP contribution in [0.3, 0.4) is 0 Å². The Morgan fingerprint density at radius 1 is 0.500 bits per heavy atom. The third kappa shape index (κ3) is 18.6. The smallest absolute Gasteiger partial charge is 0.345 e. The van der Waals surface area contributed by atoms with Crippen LogP contribution in [0.5, 0.6) is 0 Å². The van der Waals surface area contributed by atoms with Gasteiger partial charge >= 0.3 is 11.9 Å². The molecule has 0 saturated carbocycles. The van der Waals surface area contributed by atoms with Gasteiger partial charge in [-0.25, -0.2) is 4.79 Å². The number of carbonyl (C=O) groups is 2. The minimum absolute atomic E-state index is 0.337. The Labute approximate surface area is 235 Å². The summed E-state index contributed by atoms with van der Waals surface area (Å²) in [6.45, 7) is 6.71. The highest BCUT2D eigenvalue weighted by Crippen LogP contribution is 2.18. The summed E-state index contributed by atoms with van der Waals surface area (Å²) in [7, 11) is 0. The fourth-order valence-electron chi connectivity index (χ4n) is 5.18. The van der Waals surface area contributed by atoms with E-state index in [1.807, 2.05) is 12.1 Å². The molecule has 0 radical (unpaired) electrons. The zero-order valence-corrected chi connectivity index (χ0v) is 25.4. The lowest BCUT2D eigenvalue weighted by Crippen LogP contribution is -2.13. The lowest BCUT2D eigenvalue weighted by molar-refractivity contribution is -0.138. The van der Waals surface area contributed by atoms with E-state index in [2.05, 4.69) is 26.8 Å². The van der Waals surface area contributed by atoms with E-state index < -0.39 is 5.97 Å². The highest BCUT2D eigenvalue weighted by Gasteiger charge is 2.15. The summed E-state index contributed by atoms with van der Waals surface area (Å²) >= 11 is 0.